The molecular weight excluding hydrogens is 224 g/mol. The number of nitrogens with one attached hydrogen (secondary N) is 1. The van der Waals surface area contributed by atoms with Crippen LogP contribution in [0.5, 0.6) is 5.75 Å². The van der Waals surface area contributed by atoms with Crippen molar-refractivity contribution >= 4 is 10.9 Å². The van der Waals surface area contributed by atoms with Gasteiger partial charge < -0.3 is 15.5 Å². The van der Waals surface area contributed by atoms with E-state index < -0.39 is 0 Å². The molecule has 1 aromatic carbocycles. The SMILES string of the molecule is COc1ccc2cc(C3(C4(N)CC4)CC3)[nH]c2c1. The first-order valence-electron chi connectivity index (χ1n) is 6.63. The van der Waals surface area contributed by atoms with Crippen molar-refractivity contribution in [1.82, 2.24) is 4.98 Å². The quantitative estimate of drug-likeness (QED) is 0.869. The lowest BCUT2D eigenvalue weighted by Gasteiger charge is -2.21. The molecule has 3 nitrogen and oxygen atoms in total. The largest absolute Gasteiger partial charge is 0.497 e. The van der Waals surface area contributed by atoms with Crippen molar-refractivity contribution in [3.05, 3.63) is 30.0 Å². The summed E-state index contributed by atoms with van der Waals surface area (Å²) >= 11 is 0. The van der Waals surface area contributed by atoms with Gasteiger partial charge in [-0.1, -0.05) is 0 Å². The van der Waals surface area contributed by atoms with E-state index in [1.165, 1.54) is 36.8 Å². The third-order valence-electron chi connectivity index (χ3n) is 4.84. The van der Waals surface area contributed by atoms with E-state index in [1.807, 2.05) is 6.07 Å². The van der Waals surface area contributed by atoms with E-state index in [9.17, 15) is 0 Å². The summed E-state index contributed by atoms with van der Waals surface area (Å²) in [4.78, 5) is 3.56. The number of hydrogen-bond acceptors (Lipinski definition) is 2. The van der Waals surface area contributed by atoms with Gasteiger partial charge in [0, 0.05) is 28.2 Å². The number of ether oxygens (including phenoxy) is 1. The maximum Gasteiger partial charge on any atom is 0.120 e. The Labute approximate surface area is 106 Å². The second-order valence-electron chi connectivity index (χ2n) is 5.87. The fourth-order valence-electron chi connectivity index (χ4n) is 3.26. The third kappa shape index (κ3) is 1.23. The zero-order valence-corrected chi connectivity index (χ0v) is 10.6. The average molecular weight is 242 g/mol. The number of methoxy groups -OCH3 is 1. The third-order valence-corrected chi connectivity index (χ3v) is 4.84. The van der Waals surface area contributed by atoms with Gasteiger partial charge in [0.1, 0.15) is 5.75 Å². The van der Waals surface area contributed by atoms with E-state index in [4.69, 9.17) is 10.5 Å². The maximum atomic E-state index is 6.45. The van der Waals surface area contributed by atoms with Crippen molar-refractivity contribution in [2.24, 2.45) is 5.73 Å². The molecule has 2 aromatic rings. The second kappa shape index (κ2) is 3.09. The van der Waals surface area contributed by atoms with Gasteiger partial charge in [0.25, 0.3) is 0 Å². The summed E-state index contributed by atoms with van der Waals surface area (Å²) in [5.41, 5.74) is 9.23. The Morgan fingerprint density at radius 2 is 1.94 bits per heavy atom. The molecular formula is C15H18N2O. The minimum absolute atomic E-state index is 0.0674. The van der Waals surface area contributed by atoms with Gasteiger partial charge in [-0.05, 0) is 49.3 Å². The molecule has 3 heteroatoms. The lowest BCUT2D eigenvalue weighted by atomic mass is 9.91. The molecule has 0 atom stereocenters. The number of hydrogen-bond donors (Lipinski definition) is 2. The van der Waals surface area contributed by atoms with Crippen LogP contribution < -0.4 is 10.5 Å². The smallest absolute Gasteiger partial charge is 0.120 e. The Bertz CT molecular complexity index is 620. The molecule has 2 aliphatic carbocycles. The van der Waals surface area contributed by atoms with Crippen LogP contribution in [0.25, 0.3) is 10.9 Å². The number of H-pyrrole nitrogens is 1. The lowest BCUT2D eigenvalue weighted by Crippen LogP contribution is -2.37. The zero-order chi connectivity index (χ0) is 12.4. The summed E-state index contributed by atoms with van der Waals surface area (Å²) in [6, 6.07) is 8.45. The van der Waals surface area contributed by atoms with Crippen LogP contribution in [0.1, 0.15) is 31.4 Å². The first kappa shape index (κ1) is 10.4. The highest BCUT2D eigenvalue weighted by molar-refractivity contribution is 5.82. The van der Waals surface area contributed by atoms with Crippen LogP contribution in [0.4, 0.5) is 0 Å². The van der Waals surface area contributed by atoms with Crippen molar-refractivity contribution in [2.75, 3.05) is 7.11 Å². The van der Waals surface area contributed by atoms with Gasteiger partial charge in [-0.15, -0.1) is 0 Å². The van der Waals surface area contributed by atoms with Gasteiger partial charge in [-0.3, -0.25) is 0 Å². The number of benzene rings is 1. The predicted molar refractivity (Wildman–Crippen MR) is 71.9 cm³/mol. The first-order valence-corrected chi connectivity index (χ1v) is 6.63. The van der Waals surface area contributed by atoms with Crippen LogP contribution in [-0.4, -0.2) is 17.6 Å². The van der Waals surface area contributed by atoms with Gasteiger partial charge in [0.2, 0.25) is 0 Å². The van der Waals surface area contributed by atoms with E-state index in [0.29, 0.717) is 0 Å². The van der Waals surface area contributed by atoms with Crippen LogP contribution >= 0.6 is 0 Å². The molecule has 3 N–H and O–H groups in total. The Balaban J connectivity index is 1.82. The molecule has 1 heterocycles. The predicted octanol–water partition coefficient (Wildman–Crippen LogP) is 2.70. The van der Waals surface area contributed by atoms with Crippen molar-refractivity contribution in [1.29, 1.82) is 0 Å². The molecule has 0 bridgehead atoms. The van der Waals surface area contributed by atoms with Gasteiger partial charge in [0.05, 0.1) is 7.11 Å². The van der Waals surface area contributed by atoms with Crippen molar-refractivity contribution in [3.8, 4) is 5.75 Å². The molecule has 1 aromatic heterocycles. The van der Waals surface area contributed by atoms with Crippen LogP contribution in [0.3, 0.4) is 0 Å². The molecule has 2 aliphatic rings. The Hall–Kier alpha value is -1.48. The molecule has 0 aliphatic heterocycles. The first-order chi connectivity index (χ1) is 8.67. The number of nitrogens with two attached hydrogens (primary N) is 1. The van der Waals surface area contributed by atoms with E-state index in [1.54, 1.807) is 7.11 Å². The Morgan fingerprint density at radius 1 is 1.17 bits per heavy atom. The molecule has 2 fully saturated rings. The highest BCUT2D eigenvalue weighted by atomic mass is 16.5. The summed E-state index contributed by atoms with van der Waals surface area (Å²) in [5.74, 6) is 0.898. The molecule has 0 unspecified atom stereocenters. The minimum Gasteiger partial charge on any atom is -0.497 e. The molecule has 0 amide bonds. The highest BCUT2D eigenvalue weighted by Crippen LogP contribution is 2.63. The van der Waals surface area contributed by atoms with Crippen molar-refractivity contribution in [2.45, 2.75) is 36.6 Å². The summed E-state index contributed by atoms with van der Waals surface area (Å²) < 4.78 is 5.27. The molecule has 94 valence electrons. The number of fused-ring (bicyclic) bond motifs is 1. The normalized spacial score (nSPS) is 23.0. The molecule has 4 rings (SSSR count). The summed E-state index contributed by atoms with van der Waals surface area (Å²) in [7, 11) is 1.70. The van der Waals surface area contributed by atoms with Gasteiger partial charge in [0.15, 0.2) is 0 Å². The Morgan fingerprint density at radius 3 is 2.56 bits per heavy atom. The van der Waals surface area contributed by atoms with Crippen LogP contribution in [0.2, 0.25) is 0 Å². The lowest BCUT2D eigenvalue weighted by molar-refractivity contribution is 0.415. The number of aromatic amines is 1. The van der Waals surface area contributed by atoms with Gasteiger partial charge >= 0.3 is 0 Å². The Kier molecular flexibility index (Phi) is 1.80. The number of rotatable bonds is 3. The minimum atomic E-state index is 0.0674. The topological polar surface area (TPSA) is 51.0 Å². The van der Waals surface area contributed by atoms with Crippen LogP contribution in [0.15, 0.2) is 24.3 Å². The second-order valence-corrected chi connectivity index (χ2v) is 5.87. The molecule has 0 spiro atoms. The fraction of sp³-hybridized carbons (Fsp3) is 0.467. The van der Waals surface area contributed by atoms with Crippen molar-refractivity contribution < 1.29 is 4.74 Å². The zero-order valence-electron chi connectivity index (χ0n) is 10.6. The van der Waals surface area contributed by atoms with E-state index in [-0.39, 0.29) is 11.0 Å². The fourth-order valence-corrected chi connectivity index (χ4v) is 3.26. The van der Waals surface area contributed by atoms with Gasteiger partial charge in [-0.2, -0.15) is 0 Å². The summed E-state index contributed by atoms with van der Waals surface area (Å²) in [5, 5.41) is 1.25. The number of aromatic nitrogens is 1. The van der Waals surface area contributed by atoms with E-state index >= 15 is 0 Å². The van der Waals surface area contributed by atoms with E-state index in [0.717, 1.165) is 11.3 Å². The van der Waals surface area contributed by atoms with Crippen molar-refractivity contribution in [3.63, 3.8) is 0 Å². The summed E-state index contributed by atoms with van der Waals surface area (Å²) in [6.07, 6.45) is 4.80. The monoisotopic (exact) mass is 242 g/mol. The van der Waals surface area contributed by atoms with Crippen LogP contribution in [0, 0.1) is 0 Å². The molecule has 0 radical (unpaired) electrons. The summed E-state index contributed by atoms with van der Waals surface area (Å²) in [6.45, 7) is 0. The standard InChI is InChI=1S/C15H18N2O/c1-18-11-3-2-10-8-13(17-12(10)9-11)14(4-5-14)15(16)6-7-15/h2-3,8-9,17H,4-7,16H2,1H3. The maximum absolute atomic E-state index is 6.45. The average Bonchev–Trinajstić information content (AvgIpc) is 3.28. The van der Waals surface area contributed by atoms with E-state index in [2.05, 4.69) is 23.2 Å². The molecule has 18 heavy (non-hydrogen) atoms. The molecule has 0 saturated heterocycles. The van der Waals surface area contributed by atoms with Crippen LogP contribution in [-0.2, 0) is 5.41 Å². The highest BCUT2D eigenvalue weighted by Gasteiger charge is 2.64. The molecule has 2 saturated carbocycles. The van der Waals surface area contributed by atoms with Gasteiger partial charge in [-0.25, -0.2) is 0 Å².